The molecule has 9 nitrogen and oxygen atoms in total. The molecule has 2 heterocycles. The van der Waals surface area contributed by atoms with Crippen molar-refractivity contribution in [1.82, 2.24) is 4.31 Å². The van der Waals surface area contributed by atoms with Crippen molar-refractivity contribution in [2.45, 2.75) is 30.4 Å². The molecule has 29 heavy (non-hydrogen) atoms. The fraction of sp³-hybridized carbons (Fsp3) is 0.316. The number of nitrogens with zero attached hydrogens (tertiary/aromatic N) is 3. The van der Waals surface area contributed by atoms with Gasteiger partial charge in [0.05, 0.1) is 10.6 Å². The minimum absolute atomic E-state index is 0.158. The Labute approximate surface area is 167 Å². The molecule has 152 valence electrons. The number of hydrogen-bond acceptors (Lipinski definition) is 6. The SMILES string of the molecule is O=C1OCc2ccccc2N1C1CCN(S(=O)(=O)c2ccccc2[N+](=O)[O-])CC1. The van der Waals surface area contributed by atoms with Gasteiger partial charge in [-0.05, 0) is 25.0 Å². The molecule has 1 saturated heterocycles. The molecular formula is C19H19N3O6S. The van der Waals surface area contributed by atoms with Gasteiger partial charge in [0, 0.05) is 30.8 Å². The number of ether oxygens (including phenoxy) is 1. The Balaban J connectivity index is 1.55. The summed E-state index contributed by atoms with van der Waals surface area (Å²) in [7, 11) is -4.01. The van der Waals surface area contributed by atoms with E-state index in [4.69, 9.17) is 4.74 Å². The van der Waals surface area contributed by atoms with Gasteiger partial charge in [-0.25, -0.2) is 13.2 Å². The van der Waals surface area contributed by atoms with Crippen LogP contribution in [0, 0.1) is 10.1 Å². The first kappa shape index (κ1) is 19.3. The highest BCUT2D eigenvalue weighted by Gasteiger charge is 2.38. The van der Waals surface area contributed by atoms with Crippen LogP contribution in [0.5, 0.6) is 0 Å². The smallest absolute Gasteiger partial charge is 0.414 e. The third kappa shape index (κ3) is 3.45. The molecule has 0 aromatic heterocycles. The predicted molar refractivity (Wildman–Crippen MR) is 104 cm³/mol. The number of hydrogen-bond donors (Lipinski definition) is 0. The molecule has 2 aliphatic heterocycles. The fourth-order valence-corrected chi connectivity index (χ4v) is 5.45. The summed E-state index contributed by atoms with van der Waals surface area (Å²) in [6.45, 7) is 0.534. The van der Waals surface area contributed by atoms with Crippen LogP contribution >= 0.6 is 0 Å². The zero-order chi connectivity index (χ0) is 20.6. The zero-order valence-electron chi connectivity index (χ0n) is 15.4. The number of anilines is 1. The van der Waals surface area contributed by atoms with Crippen LogP contribution in [0.3, 0.4) is 0 Å². The number of cyclic esters (lactones) is 1. The lowest BCUT2D eigenvalue weighted by molar-refractivity contribution is -0.387. The third-order valence-electron chi connectivity index (χ3n) is 5.27. The van der Waals surface area contributed by atoms with Gasteiger partial charge in [-0.3, -0.25) is 15.0 Å². The van der Waals surface area contributed by atoms with E-state index in [1.54, 1.807) is 4.90 Å². The van der Waals surface area contributed by atoms with Gasteiger partial charge < -0.3 is 4.74 Å². The van der Waals surface area contributed by atoms with Gasteiger partial charge in [0.25, 0.3) is 5.69 Å². The Bertz CT molecular complexity index is 1060. The molecule has 0 radical (unpaired) electrons. The van der Waals surface area contributed by atoms with Crippen LogP contribution in [0.1, 0.15) is 18.4 Å². The highest BCUT2D eigenvalue weighted by molar-refractivity contribution is 7.89. The number of benzene rings is 2. The quantitative estimate of drug-likeness (QED) is 0.559. The lowest BCUT2D eigenvalue weighted by Gasteiger charge is -2.39. The summed E-state index contributed by atoms with van der Waals surface area (Å²) in [5, 5.41) is 11.2. The zero-order valence-corrected chi connectivity index (χ0v) is 16.2. The van der Waals surface area contributed by atoms with Crippen LogP contribution in [-0.2, 0) is 21.4 Å². The topological polar surface area (TPSA) is 110 Å². The van der Waals surface area contributed by atoms with Crippen molar-refractivity contribution in [2.75, 3.05) is 18.0 Å². The van der Waals surface area contributed by atoms with E-state index in [9.17, 15) is 23.3 Å². The number of para-hydroxylation sites is 2. The maximum atomic E-state index is 13.0. The van der Waals surface area contributed by atoms with Crippen LogP contribution in [-0.4, -0.2) is 42.9 Å². The van der Waals surface area contributed by atoms with E-state index in [0.717, 1.165) is 11.3 Å². The minimum Gasteiger partial charge on any atom is -0.444 e. The van der Waals surface area contributed by atoms with Gasteiger partial charge in [-0.1, -0.05) is 30.3 Å². The van der Waals surface area contributed by atoms with E-state index in [-0.39, 0.29) is 30.6 Å². The molecule has 2 aromatic rings. The first-order chi connectivity index (χ1) is 13.9. The number of nitro benzene ring substituents is 1. The van der Waals surface area contributed by atoms with Crippen LogP contribution < -0.4 is 4.90 Å². The number of fused-ring (bicyclic) bond motifs is 1. The Morgan fingerprint density at radius 3 is 2.41 bits per heavy atom. The van der Waals surface area contributed by atoms with E-state index >= 15 is 0 Å². The normalized spacial score (nSPS) is 18.2. The van der Waals surface area contributed by atoms with Crippen molar-refractivity contribution < 1.29 is 22.9 Å². The Morgan fingerprint density at radius 2 is 1.69 bits per heavy atom. The summed E-state index contributed by atoms with van der Waals surface area (Å²) >= 11 is 0. The number of carbonyl (C=O) groups excluding carboxylic acids is 1. The van der Waals surface area contributed by atoms with Crippen LogP contribution in [0.4, 0.5) is 16.2 Å². The first-order valence-electron chi connectivity index (χ1n) is 9.17. The van der Waals surface area contributed by atoms with Gasteiger partial charge in [-0.2, -0.15) is 4.31 Å². The molecule has 0 spiro atoms. The molecular weight excluding hydrogens is 398 g/mol. The number of nitro groups is 1. The Morgan fingerprint density at radius 1 is 1.03 bits per heavy atom. The average molecular weight is 417 g/mol. The van der Waals surface area contributed by atoms with Gasteiger partial charge in [0.15, 0.2) is 4.90 Å². The highest BCUT2D eigenvalue weighted by Crippen LogP contribution is 2.34. The fourth-order valence-electron chi connectivity index (χ4n) is 3.83. The van der Waals surface area contributed by atoms with E-state index in [1.165, 1.54) is 28.6 Å². The number of piperidine rings is 1. The largest absolute Gasteiger partial charge is 0.444 e. The summed E-state index contributed by atoms with van der Waals surface area (Å²) in [5.74, 6) is 0. The lowest BCUT2D eigenvalue weighted by atomic mass is 10.0. The van der Waals surface area contributed by atoms with Gasteiger partial charge in [-0.15, -0.1) is 0 Å². The van der Waals surface area contributed by atoms with E-state index in [1.807, 2.05) is 24.3 Å². The van der Waals surface area contributed by atoms with E-state index in [2.05, 4.69) is 0 Å². The summed E-state index contributed by atoms with van der Waals surface area (Å²) < 4.78 is 32.4. The molecule has 0 N–H and O–H groups in total. The van der Waals surface area contributed by atoms with Crippen molar-refractivity contribution in [3.05, 3.63) is 64.2 Å². The predicted octanol–water partition coefficient (Wildman–Crippen LogP) is 2.90. The summed E-state index contributed by atoms with van der Waals surface area (Å²) in [6.07, 6.45) is 0.371. The molecule has 2 aliphatic rings. The number of rotatable bonds is 4. The molecule has 1 fully saturated rings. The van der Waals surface area contributed by atoms with Crippen molar-refractivity contribution >= 4 is 27.5 Å². The van der Waals surface area contributed by atoms with Crippen molar-refractivity contribution in [3.8, 4) is 0 Å². The average Bonchev–Trinajstić information content (AvgIpc) is 2.74. The second-order valence-corrected chi connectivity index (χ2v) is 8.82. The highest BCUT2D eigenvalue weighted by atomic mass is 32.2. The van der Waals surface area contributed by atoms with E-state index < -0.39 is 26.7 Å². The van der Waals surface area contributed by atoms with Crippen molar-refractivity contribution in [2.24, 2.45) is 0 Å². The van der Waals surface area contributed by atoms with Crippen LogP contribution in [0.15, 0.2) is 53.4 Å². The monoisotopic (exact) mass is 417 g/mol. The second-order valence-electron chi connectivity index (χ2n) is 6.91. The molecule has 0 unspecified atom stereocenters. The number of sulfonamides is 1. The van der Waals surface area contributed by atoms with Gasteiger partial charge in [0.1, 0.15) is 6.61 Å². The molecule has 0 bridgehead atoms. The standard InChI is InChI=1S/C19H19N3O6S/c23-19-21(16-6-2-1-5-14(16)13-28-19)15-9-11-20(12-10-15)29(26,27)18-8-4-3-7-17(18)22(24)25/h1-8,15H,9-13H2. The lowest BCUT2D eigenvalue weighted by Crippen LogP contribution is -2.50. The van der Waals surface area contributed by atoms with E-state index in [0.29, 0.717) is 12.8 Å². The third-order valence-corrected chi connectivity index (χ3v) is 7.21. The van der Waals surface area contributed by atoms with Crippen molar-refractivity contribution in [3.63, 3.8) is 0 Å². The molecule has 0 aliphatic carbocycles. The molecule has 0 saturated carbocycles. The molecule has 10 heteroatoms. The Hall–Kier alpha value is -2.98. The number of carbonyl (C=O) groups is 1. The first-order valence-corrected chi connectivity index (χ1v) is 10.6. The summed E-state index contributed by atoms with van der Waals surface area (Å²) in [4.78, 5) is 24.2. The summed E-state index contributed by atoms with van der Waals surface area (Å²) in [6, 6.07) is 12.6. The maximum absolute atomic E-state index is 13.0. The van der Waals surface area contributed by atoms with Gasteiger partial charge in [0.2, 0.25) is 10.0 Å². The molecule has 2 aromatic carbocycles. The van der Waals surface area contributed by atoms with Crippen LogP contribution in [0.25, 0.3) is 0 Å². The molecule has 4 rings (SSSR count). The molecule has 0 atom stereocenters. The summed E-state index contributed by atoms with van der Waals surface area (Å²) in [5.41, 5.74) is 1.24. The number of amides is 1. The second kappa shape index (κ2) is 7.45. The molecule has 1 amide bonds. The van der Waals surface area contributed by atoms with Crippen molar-refractivity contribution in [1.29, 1.82) is 0 Å². The Kier molecular flexibility index (Phi) is 4.97. The van der Waals surface area contributed by atoms with Crippen LogP contribution in [0.2, 0.25) is 0 Å². The van der Waals surface area contributed by atoms with Gasteiger partial charge >= 0.3 is 6.09 Å². The maximum Gasteiger partial charge on any atom is 0.414 e. The minimum atomic E-state index is -4.01.